The van der Waals surface area contributed by atoms with E-state index in [9.17, 15) is 5.11 Å². The maximum atomic E-state index is 10.2. The summed E-state index contributed by atoms with van der Waals surface area (Å²) in [5.41, 5.74) is -0.425. The lowest BCUT2D eigenvalue weighted by molar-refractivity contribution is -0.0829. The van der Waals surface area contributed by atoms with Crippen molar-refractivity contribution >= 4 is 0 Å². The molecule has 1 saturated heterocycles. The molecule has 1 aliphatic heterocycles. The van der Waals surface area contributed by atoms with E-state index < -0.39 is 5.60 Å². The molecule has 0 spiro atoms. The number of ether oxygens (including phenoxy) is 1. The molecule has 0 amide bonds. The summed E-state index contributed by atoms with van der Waals surface area (Å²) in [5, 5.41) is 10.2. The molecule has 3 heteroatoms. The van der Waals surface area contributed by atoms with Gasteiger partial charge in [-0.25, -0.2) is 0 Å². The Morgan fingerprint density at radius 3 is 2.72 bits per heavy atom. The highest BCUT2D eigenvalue weighted by Crippen LogP contribution is 2.36. The first kappa shape index (κ1) is 14.3. The molecule has 18 heavy (non-hydrogen) atoms. The Morgan fingerprint density at radius 1 is 1.28 bits per heavy atom. The van der Waals surface area contributed by atoms with E-state index in [0.717, 1.165) is 24.9 Å². The van der Waals surface area contributed by atoms with Crippen molar-refractivity contribution in [3.05, 3.63) is 0 Å². The zero-order valence-corrected chi connectivity index (χ0v) is 12.2. The minimum absolute atomic E-state index is 0.370. The summed E-state index contributed by atoms with van der Waals surface area (Å²) in [5.74, 6) is 0.936. The second kappa shape index (κ2) is 5.89. The number of hydrogen-bond donors (Lipinski definition) is 1. The van der Waals surface area contributed by atoms with Crippen molar-refractivity contribution in [1.29, 1.82) is 0 Å². The molecule has 106 valence electrons. The van der Waals surface area contributed by atoms with Crippen LogP contribution in [-0.2, 0) is 4.74 Å². The number of hydrogen-bond acceptors (Lipinski definition) is 3. The van der Waals surface area contributed by atoms with Crippen LogP contribution in [0.4, 0.5) is 0 Å². The Kier molecular flexibility index (Phi) is 4.68. The molecular weight excluding hydrogens is 226 g/mol. The van der Waals surface area contributed by atoms with Crippen molar-refractivity contribution in [1.82, 2.24) is 4.90 Å². The third-order valence-electron chi connectivity index (χ3n) is 5.14. The number of rotatable bonds is 5. The molecule has 2 aliphatic rings. The quantitative estimate of drug-likeness (QED) is 0.819. The van der Waals surface area contributed by atoms with E-state index in [0.29, 0.717) is 0 Å². The maximum absolute atomic E-state index is 10.2. The molecule has 2 rings (SSSR count). The van der Waals surface area contributed by atoms with Crippen LogP contribution in [0, 0.1) is 5.92 Å². The zero-order chi connectivity index (χ0) is 13.2. The highest BCUT2D eigenvalue weighted by Gasteiger charge is 2.36. The molecule has 3 atom stereocenters. The number of likely N-dealkylation sites (tertiary alicyclic amines) is 1. The summed E-state index contributed by atoms with van der Waals surface area (Å²) in [6.07, 6.45) is 7.43. The summed E-state index contributed by atoms with van der Waals surface area (Å²) in [4.78, 5) is 2.61. The van der Waals surface area contributed by atoms with Crippen molar-refractivity contribution in [2.24, 2.45) is 5.92 Å². The Balaban J connectivity index is 1.80. The molecule has 0 radical (unpaired) electrons. The molecule has 2 fully saturated rings. The molecule has 3 nitrogen and oxygen atoms in total. The van der Waals surface area contributed by atoms with Crippen LogP contribution in [0.5, 0.6) is 0 Å². The molecule has 0 aromatic heterocycles. The van der Waals surface area contributed by atoms with Crippen LogP contribution in [0.15, 0.2) is 0 Å². The van der Waals surface area contributed by atoms with E-state index in [1.165, 1.54) is 38.6 Å². The van der Waals surface area contributed by atoms with Crippen molar-refractivity contribution in [2.75, 3.05) is 20.2 Å². The van der Waals surface area contributed by atoms with Gasteiger partial charge in [-0.3, -0.25) is 0 Å². The molecule has 3 unspecified atom stereocenters. The van der Waals surface area contributed by atoms with Crippen LogP contribution in [0.3, 0.4) is 0 Å². The van der Waals surface area contributed by atoms with Crippen molar-refractivity contribution in [3.63, 3.8) is 0 Å². The Bertz CT molecular complexity index is 267. The zero-order valence-electron chi connectivity index (χ0n) is 12.2. The van der Waals surface area contributed by atoms with Gasteiger partial charge >= 0.3 is 0 Å². The average Bonchev–Trinajstić information content (AvgIpc) is 2.79. The van der Waals surface area contributed by atoms with Crippen molar-refractivity contribution in [2.45, 2.75) is 70.1 Å². The first-order valence-electron chi connectivity index (χ1n) is 7.52. The maximum Gasteiger partial charge on any atom is 0.0880 e. The lowest BCUT2D eigenvalue weighted by atomic mass is 9.85. The number of methoxy groups -OCH3 is 1. The van der Waals surface area contributed by atoms with E-state index in [2.05, 4.69) is 4.90 Å². The number of aliphatic hydroxyl groups is 1. The Labute approximate surface area is 112 Å². The highest BCUT2D eigenvalue weighted by atomic mass is 16.5. The topological polar surface area (TPSA) is 32.7 Å². The van der Waals surface area contributed by atoms with E-state index in [-0.39, 0.29) is 6.10 Å². The van der Waals surface area contributed by atoms with Crippen molar-refractivity contribution < 1.29 is 9.84 Å². The van der Waals surface area contributed by atoms with Gasteiger partial charge in [0.1, 0.15) is 0 Å². The summed E-state index contributed by atoms with van der Waals surface area (Å²) >= 11 is 0. The number of nitrogens with zero attached hydrogens (tertiary/aromatic N) is 1. The fraction of sp³-hybridized carbons (Fsp3) is 1.00. The van der Waals surface area contributed by atoms with Gasteiger partial charge < -0.3 is 14.7 Å². The number of fused-ring (bicyclic) bond motifs is 1. The lowest BCUT2D eigenvalue weighted by Crippen LogP contribution is -2.42. The van der Waals surface area contributed by atoms with Gasteiger partial charge in [0.15, 0.2) is 0 Å². The normalized spacial score (nSPS) is 31.3. The van der Waals surface area contributed by atoms with Crippen LogP contribution in [0.1, 0.15) is 52.4 Å². The minimum Gasteiger partial charge on any atom is -0.390 e. The number of aliphatic hydroxyl groups excluding tert-OH is 1. The SMILES string of the molecule is COC(C)(C)C(O)CCN1CCC2CCCCC21. The molecule has 1 aliphatic carbocycles. The van der Waals surface area contributed by atoms with Crippen LogP contribution < -0.4 is 0 Å². The third-order valence-corrected chi connectivity index (χ3v) is 5.14. The van der Waals surface area contributed by atoms with Gasteiger partial charge in [0, 0.05) is 19.7 Å². The molecule has 1 N–H and O–H groups in total. The summed E-state index contributed by atoms with van der Waals surface area (Å²) in [7, 11) is 1.68. The molecule has 1 heterocycles. The van der Waals surface area contributed by atoms with E-state index in [4.69, 9.17) is 4.74 Å². The first-order valence-corrected chi connectivity index (χ1v) is 7.52. The third kappa shape index (κ3) is 3.06. The second-order valence-electron chi connectivity index (χ2n) is 6.55. The predicted molar refractivity (Wildman–Crippen MR) is 73.6 cm³/mol. The first-order chi connectivity index (χ1) is 8.54. The minimum atomic E-state index is -0.425. The summed E-state index contributed by atoms with van der Waals surface area (Å²) in [6, 6.07) is 0.802. The van der Waals surface area contributed by atoms with Crippen molar-refractivity contribution in [3.8, 4) is 0 Å². The summed E-state index contributed by atoms with van der Waals surface area (Å²) in [6.45, 7) is 6.18. The monoisotopic (exact) mass is 255 g/mol. The van der Waals surface area contributed by atoms with Crippen LogP contribution in [0.2, 0.25) is 0 Å². The molecule has 0 aromatic rings. The molecular formula is C15H29NO2. The largest absolute Gasteiger partial charge is 0.390 e. The molecule has 0 aromatic carbocycles. The van der Waals surface area contributed by atoms with E-state index in [1.807, 2.05) is 13.8 Å². The predicted octanol–water partition coefficient (Wildman–Crippen LogP) is 2.43. The van der Waals surface area contributed by atoms with Gasteiger partial charge in [0.05, 0.1) is 11.7 Å². The van der Waals surface area contributed by atoms with E-state index in [1.54, 1.807) is 7.11 Å². The fourth-order valence-electron chi connectivity index (χ4n) is 3.55. The fourth-order valence-corrected chi connectivity index (χ4v) is 3.55. The van der Waals surface area contributed by atoms with Crippen LogP contribution >= 0.6 is 0 Å². The van der Waals surface area contributed by atoms with Crippen LogP contribution in [0.25, 0.3) is 0 Å². The smallest absolute Gasteiger partial charge is 0.0880 e. The Hall–Kier alpha value is -0.120. The molecule has 1 saturated carbocycles. The average molecular weight is 255 g/mol. The van der Waals surface area contributed by atoms with E-state index >= 15 is 0 Å². The van der Waals surface area contributed by atoms with Gasteiger partial charge in [-0.05, 0) is 52.0 Å². The summed E-state index contributed by atoms with van der Waals surface area (Å²) < 4.78 is 5.35. The standard InChI is InChI=1S/C15H29NO2/c1-15(2,18-3)14(17)9-11-16-10-8-12-6-4-5-7-13(12)16/h12-14,17H,4-11H2,1-3H3. The van der Waals surface area contributed by atoms with Gasteiger partial charge in [0.25, 0.3) is 0 Å². The highest BCUT2D eigenvalue weighted by molar-refractivity contribution is 4.90. The van der Waals surface area contributed by atoms with Gasteiger partial charge in [-0.1, -0.05) is 12.8 Å². The van der Waals surface area contributed by atoms with Gasteiger partial charge in [-0.15, -0.1) is 0 Å². The van der Waals surface area contributed by atoms with Gasteiger partial charge in [-0.2, -0.15) is 0 Å². The second-order valence-corrected chi connectivity index (χ2v) is 6.55. The van der Waals surface area contributed by atoms with Crippen LogP contribution in [-0.4, -0.2) is 48.0 Å². The van der Waals surface area contributed by atoms with Gasteiger partial charge in [0.2, 0.25) is 0 Å². The molecule has 0 bridgehead atoms. The lowest BCUT2D eigenvalue weighted by Gasteiger charge is -2.34. The Morgan fingerprint density at radius 2 is 2.00 bits per heavy atom.